The van der Waals surface area contributed by atoms with E-state index in [-0.39, 0.29) is 11.9 Å². The van der Waals surface area contributed by atoms with Gasteiger partial charge in [-0.1, -0.05) is 12.1 Å². The third kappa shape index (κ3) is 2.66. The van der Waals surface area contributed by atoms with Crippen LogP contribution in [-0.4, -0.2) is 0 Å². The molecule has 2 aromatic carbocycles. The monoisotopic (exact) mass is 261 g/mol. The number of hydrogen-bond donors (Lipinski definition) is 1. The van der Waals surface area contributed by atoms with E-state index in [1.165, 1.54) is 18.2 Å². The topological polar surface area (TPSA) is 26.0 Å². The van der Waals surface area contributed by atoms with Crippen LogP contribution in [0.2, 0.25) is 0 Å². The average Bonchev–Trinajstić information content (AvgIpc) is 2.27. The number of benzene rings is 2. The highest BCUT2D eigenvalue weighted by Crippen LogP contribution is 2.33. The highest BCUT2D eigenvalue weighted by Gasteiger charge is 2.16. The molecule has 0 amide bonds. The van der Waals surface area contributed by atoms with Crippen molar-refractivity contribution in [2.75, 3.05) is 0 Å². The van der Waals surface area contributed by atoms with Gasteiger partial charge in [0.25, 0.3) is 0 Å². The highest BCUT2D eigenvalue weighted by molar-refractivity contribution is 5.72. The van der Waals surface area contributed by atoms with Crippen LogP contribution in [0.3, 0.4) is 0 Å². The quantitative estimate of drug-likeness (QED) is 0.858. The molecule has 0 radical (unpaired) electrons. The van der Waals surface area contributed by atoms with Gasteiger partial charge in [-0.3, -0.25) is 0 Å². The number of aryl methyl sites for hydroxylation is 2. The minimum absolute atomic E-state index is 0.282. The molecular weight excluding hydrogens is 244 g/mol. The summed E-state index contributed by atoms with van der Waals surface area (Å²) in [5, 5.41) is 0. The summed E-state index contributed by atoms with van der Waals surface area (Å²) in [5.74, 6) is -0.733. The Morgan fingerprint density at radius 2 is 1.74 bits per heavy atom. The lowest BCUT2D eigenvalue weighted by atomic mass is 9.91. The van der Waals surface area contributed by atoms with E-state index in [1.807, 2.05) is 19.9 Å². The summed E-state index contributed by atoms with van der Waals surface area (Å²) in [5.41, 5.74) is 9.22. The smallest absolute Gasteiger partial charge is 0.131 e. The van der Waals surface area contributed by atoms with Crippen LogP contribution in [0.4, 0.5) is 8.78 Å². The van der Waals surface area contributed by atoms with Crippen molar-refractivity contribution in [1.82, 2.24) is 0 Å². The number of hydrogen-bond acceptors (Lipinski definition) is 1. The molecule has 1 nitrogen and oxygen atoms in total. The minimum atomic E-state index is -0.390. The van der Waals surface area contributed by atoms with E-state index < -0.39 is 5.82 Å². The number of halogens is 2. The Morgan fingerprint density at radius 3 is 2.32 bits per heavy atom. The van der Waals surface area contributed by atoms with Crippen molar-refractivity contribution in [2.45, 2.75) is 26.8 Å². The molecule has 2 N–H and O–H groups in total. The molecule has 100 valence electrons. The van der Waals surface area contributed by atoms with E-state index in [0.717, 1.165) is 16.7 Å². The fourth-order valence-corrected chi connectivity index (χ4v) is 2.40. The second-order valence-electron chi connectivity index (χ2n) is 4.96. The van der Waals surface area contributed by atoms with Gasteiger partial charge in [0.2, 0.25) is 0 Å². The van der Waals surface area contributed by atoms with Gasteiger partial charge in [-0.25, -0.2) is 8.78 Å². The molecule has 3 heteroatoms. The Morgan fingerprint density at radius 1 is 1.05 bits per heavy atom. The van der Waals surface area contributed by atoms with E-state index >= 15 is 0 Å². The zero-order valence-electron chi connectivity index (χ0n) is 11.3. The van der Waals surface area contributed by atoms with E-state index in [4.69, 9.17) is 5.73 Å². The van der Waals surface area contributed by atoms with Crippen LogP contribution in [0, 0.1) is 25.5 Å². The van der Waals surface area contributed by atoms with Crippen LogP contribution in [-0.2, 0) is 0 Å². The molecule has 0 aliphatic carbocycles. The van der Waals surface area contributed by atoms with Crippen LogP contribution in [0.25, 0.3) is 11.1 Å². The maximum atomic E-state index is 14.2. The van der Waals surface area contributed by atoms with Crippen molar-refractivity contribution in [1.29, 1.82) is 0 Å². The molecule has 2 rings (SSSR count). The summed E-state index contributed by atoms with van der Waals surface area (Å²) in [6.45, 7) is 5.46. The third-order valence-corrected chi connectivity index (χ3v) is 3.21. The molecule has 2 aromatic rings. The SMILES string of the molecule is Cc1cc(C)c(-c2cc(F)ccc2C(C)N)c(F)c1. The Bertz CT molecular complexity index is 595. The first-order valence-corrected chi connectivity index (χ1v) is 6.22. The van der Waals surface area contributed by atoms with Crippen molar-refractivity contribution in [3.8, 4) is 11.1 Å². The molecule has 0 saturated carbocycles. The number of rotatable bonds is 2. The lowest BCUT2D eigenvalue weighted by molar-refractivity contribution is 0.621. The molecule has 0 heterocycles. The van der Waals surface area contributed by atoms with E-state index in [1.54, 1.807) is 13.0 Å². The molecule has 0 aromatic heterocycles. The molecule has 0 spiro atoms. The van der Waals surface area contributed by atoms with E-state index in [2.05, 4.69) is 0 Å². The molecule has 0 aliphatic heterocycles. The Balaban J connectivity index is 2.75. The maximum Gasteiger partial charge on any atom is 0.131 e. The zero-order chi connectivity index (χ0) is 14.2. The standard InChI is InChI=1S/C16H17F2N/c1-9-6-10(2)16(15(18)7-9)14-8-12(17)4-5-13(14)11(3)19/h4-8,11H,19H2,1-3H3. The van der Waals surface area contributed by atoms with Crippen molar-refractivity contribution >= 4 is 0 Å². The molecule has 0 fully saturated rings. The third-order valence-electron chi connectivity index (χ3n) is 3.21. The van der Waals surface area contributed by atoms with Crippen molar-refractivity contribution in [3.05, 3.63) is 58.7 Å². The van der Waals surface area contributed by atoms with Crippen molar-refractivity contribution < 1.29 is 8.78 Å². The first-order valence-electron chi connectivity index (χ1n) is 6.22. The summed E-state index contributed by atoms with van der Waals surface area (Å²) in [6.07, 6.45) is 0. The zero-order valence-corrected chi connectivity index (χ0v) is 11.3. The molecule has 1 unspecified atom stereocenters. The lowest BCUT2D eigenvalue weighted by Crippen LogP contribution is -2.08. The van der Waals surface area contributed by atoms with E-state index in [9.17, 15) is 8.78 Å². The first kappa shape index (κ1) is 13.7. The summed E-state index contributed by atoms with van der Waals surface area (Å²) in [6, 6.07) is 7.37. The van der Waals surface area contributed by atoms with Gasteiger partial charge in [-0.05, 0) is 61.2 Å². The van der Waals surface area contributed by atoms with Crippen LogP contribution in [0.15, 0.2) is 30.3 Å². The summed E-state index contributed by atoms with van der Waals surface area (Å²) in [4.78, 5) is 0. The van der Waals surface area contributed by atoms with Crippen molar-refractivity contribution in [3.63, 3.8) is 0 Å². The largest absolute Gasteiger partial charge is 0.324 e. The average molecular weight is 261 g/mol. The van der Waals surface area contributed by atoms with E-state index in [0.29, 0.717) is 11.1 Å². The van der Waals surface area contributed by atoms with Gasteiger partial charge >= 0.3 is 0 Å². The lowest BCUT2D eigenvalue weighted by Gasteiger charge is -2.16. The first-order chi connectivity index (χ1) is 8.90. The Kier molecular flexibility index (Phi) is 3.67. The van der Waals surface area contributed by atoms with Crippen molar-refractivity contribution in [2.24, 2.45) is 5.73 Å². The second-order valence-corrected chi connectivity index (χ2v) is 4.96. The van der Waals surface area contributed by atoms with Crippen LogP contribution < -0.4 is 5.73 Å². The summed E-state index contributed by atoms with van der Waals surface area (Å²) in [7, 11) is 0. The fourth-order valence-electron chi connectivity index (χ4n) is 2.40. The second kappa shape index (κ2) is 5.10. The Labute approximate surface area is 112 Å². The van der Waals surface area contributed by atoms with Crippen LogP contribution >= 0.6 is 0 Å². The summed E-state index contributed by atoms with van der Waals surface area (Å²) >= 11 is 0. The van der Waals surface area contributed by atoms with Gasteiger partial charge in [0.1, 0.15) is 11.6 Å². The van der Waals surface area contributed by atoms with Crippen LogP contribution in [0.5, 0.6) is 0 Å². The molecule has 1 atom stereocenters. The molecular formula is C16H17F2N. The van der Waals surface area contributed by atoms with Gasteiger partial charge in [0, 0.05) is 11.6 Å². The fraction of sp³-hybridized carbons (Fsp3) is 0.250. The van der Waals surface area contributed by atoms with Gasteiger partial charge in [-0.2, -0.15) is 0 Å². The summed E-state index contributed by atoms with van der Waals surface area (Å²) < 4.78 is 27.7. The molecule has 0 saturated heterocycles. The molecule has 19 heavy (non-hydrogen) atoms. The van der Waals surface area contributed by atoms with Crippen LogP contribution in [0.1, 0.15) is 29.7 Å². The van der Waals surface area contributed by atoms with Gasteiger partial charge < -0.3 is 5.73 Å². The predicted molar refractivity (Wildman–Crippen MR) is 73.9 cm³/mol. The molecule has 0 aliphatic rings. The van der Waals surface area contributed by atoms with Gasteiger partial charge in [-0.15, -0.1) is 0 Å². The van der Waals surface area contributed by atoms with Gasteiger partial charge in [0.05, 0.1) is 0 Å². The predicted octanol–water partition coefficient (Wildman–Crippen LogP) is 4.27. The normalized spacial score (nSPS) is 12.5. The molecule has 0 bridgehead atoms. The Hall–Kier alpha value is -1.74. The van der Waals surface area contributed by atoms with Gasteiger partial charge in [0.15, 0.2) is 0 Å². The maximum absolute atomic E-state index is 14.2. The highest BCUT2D eigenvalue weighted by atomic mass is 19.1. The minimum Gasteiger partial charge on any atom is -0.324 e. The number of nitrogens with two attached hydrogens (primary N) is 1.